The van der Waals surface area contributed by atoms with Crippen molar-refractivity contribution in [3.05, 3.63) is 27.6 Å². The fourth-order valence-corrected chi connectivity index (χ4v) is 3.14. The molecule has 1 aromatic heterocycles. The van der Waals surface area contributed by atoms with Crippen LogP contribution in [0.3, 0.4) is 0 Å². The van der Waals surface area contributed by atoms with Crippen LogP contribution in [-0.2, 0) is 13.0 Å². The summed E-state index contributed by atoms with van der Waals surface area (Å²) in [4.78, 5) is 4.75. The summed E-state index contributed by atoms with van der Waals surface area (Å²) in [6, 6.07) is 6.49. The molecule has 0 bridgehead atoms. The molecule has 2 aromatic rings. The summed E-state index contributed by atoms with van der Waals surface area (Å²) in [5.41, 5.74) is 2.34. The molecule has 0 aliphatic heterocycles. The van der Waals surface area contributed by atoms with Crippen LogP contribution in [0, 0.1) is 9.49 Å². The molecule has 0 aliphatic carbocycles. The molecule has 2 nitrogen and oxygen atoms in total. The molecule has 20 heavy (non-hydrogen) atoms. The molecule has 0 spiro atoms. The molecule has 0 atom stereocenters. The van der Waals surface area contributed by atoms with Crippen molar-refractivity contribution in [1.29, 1.82) is 0 Å². The van der Waals surface area contributed by atoms with Gasteiger partial charge >= 0.3 is 0 Å². The number of fused-ring (bicyclic) bond motifs is 1. The molecule has 0 unspecified atom stereocenters. The first-order valence-electron chi connectivity index (χ1n) is 7.32. The van der Waals surface area contributed by atoms with Crippen molar-refractivity contribution in [1.82, 2.24) is 9.55 Å². The minimum absolute atomic E-state index is 0.631. The maximum atomic E-state index is 5.91. The molecule has 0 aliphatic rings. The Morgan fingerprint density at radius 2 is 2.10 bits per heavy atom. The summed E-state index contributed by atoms with van der Waals surface area (Å²) in [7, 11) is 0. The predicted octanol–water partition coefficient (Wildman–Crippen LogP) is 5.25. The SMILES string of the molecule is CC(C)CCCCn1c(CCCl)nc2cc(I)ccc21. The standard InChI is InChI=1S/C16H22ClIN2/c1-12(2)5-3-4-10-20-15-7-6-13(18)11-14(15)19-16(20)8-9-17/h6-7,11-12H,3-5,8-10H2,1-2H3. The first-order valence-corrected chi connectivity index (χ1v) is 8.93. The van der Waals surface area contributed by atoms with E-state index in [1.54, 1.807) is 0 Å². The molecule has 0 N–H and O–H groups in total. The fraction of sp³-hybridized carbons (Fsp3) is 0.562. The summed E-state index contributed by atoms with van der Waals surface area (Å²) in [5, 5.41) is 0. The highest BCUT2D eigenvalue weighted by Gasteiger charge is 2.10. The zero-order chi connectivity index (χ0) is 14.5. The van der Waals surface area contributed by atoms with Crippen LogP contribution in [0.1, 0.15) is 38.9 Å². The van der Waals surface area contributed by atoms with Crippen LogP contribution >= 0.6 is 34.2 Å². The van der Waals surface area contributed by atoms with E-state index >= 15 is 0 Å². The molecule has 2 rings (SSSR count). The Balaban J connectivity index is 2.17. The van der Waals surface area contributed by atoms with Crippen LogP contribution in [-0.4, -0.2) is 15.4 Å². The third-order valence-electron chi connectivity index (χ3n) is 3.52. The molecule has 0 amide bonds. The average Bonchev–Trinajstić information content (AvgIpc) is 2.72. The van der Waals surface area contributed by atoms with Gasteiger partial charge < -0.3 is 4.57 Å². The number of aromatic nitrogens is 2. The lowest BCUT2D eigenvalue weighted by Crippen LogP contribution is -2.05. The zero-order valence-electron chi connectivity index (χ0n) is 12.2. The molecule has 1 heterocycles. The van der Waals surface area contributed by atoms with Gasteiger partial charge in [-0.2, -0.15) is 0 Å². The van der Waals surface area contributed by atoms with E-state index in [1.807, 2.05) is 0 Å². The van der Waals surface area contributed by atoms with E-state index in [-0.39, 0.29) is 0 Å². The highest BCUT2D eigenvalue weighted by Crippen LogP contribution is 2.21. The second-order valence-corrected chi connectivity index (χ2v) is 7.26. The Labute approximate surface area is 140 Å². The fourth-order valence-electron chi connectivity index (χ4n) is 2.50. The van der Waals surface area contributed by atoms with E-state index in [4.69, 9.17) is 16.6 Å². The highest BCUT2D eigenvalue weighted by molar-refractivity contribution is 14.1. The summed E-state index contributed by atoms with van der Waals surface area (Å²) < 4.78 is 3.59. The van der Waals surface area contributed by atoms with E-state index in [0.29, 0.717) is 5.88 Å². The minimum atomic E-state index is 0.631. The quantitative estimate of drug-likeness (QED) is 0.350. The van der Waals surface area contributed by atoms with Gasteiger partial charge in [-0.1, -0.05) is 26.7 Å². The van der Waals surface area contributed by atoms with Gasteiger partial charge in [0.1, 0.15) is 5.82 Å². The van der Waals surface area contributed by atoms with E-state index < -0.39 is 0 Å². The second-order valence-electron chi connectivity index (χ2n) is 5.64. The van der Waals surface area contributed by atoms with E-state index in [0.717, 1.165) is 30.2 Å². The van der Waals surface area contributed by atoms with Gasteiger partial charge in [0.25, 0.3) is 0 Å². The third kappa shape index (κ3) is 4.10. The Hall–Kier alpha value is -0.290. The monoisotopic (exact) mass is 404 g/mol. The number of halogens is 2. The maximum absolute atomic E-state index is 5.91. The largest absolute Gasteiger partial charge is 0.328 e. The van der Waals surface area contributed by atoms with Gasteiger partial charge in [-0.3, -0.25) is 0 Å². The van der Waals surface area contributed by atoms with Crippen molar-refractivity contribution in [3.63, 3.8) is 0 Å². The van der Waals surface area contributed by atoms with E-state index in [2.05, 4.69) is 59.2 Å². The number of hydrogen-bond donors (Lipinski definition) is 0. The molecule has 110 valence electrons. The van der Waals surface area contributed by atoms with Crippen LogP contribution in [0.5, 0.6) is 0 Å². The average molecular weight is 405 g/mol. The lowest BCUT2D eigenvalue weighted by Gasteiger charge is -2.09. The second kappa shape index (κ2) is 7.64. The lowest BCUT2D eigenvalue weighted by atomic mass is 10.1. The smallest absolute Gasteiger partial charge is 0.111 e. The summed E-state index contributed by atoms with van der Waals surface area (Å²) >= 11 is 8.25. The number of rotatable bonds is 7. The first kappa shape index (κ1) is 16.1. The highest BCUT2D eigenvalue weighted by atomic mass is 127. The van der Waals surface area contributed by atoms with Crippen molar-refractivity contribution < 1.29 is 0 Å². The van der Waals surface area contributed by atoms with E-state index in [1.165, 1.54) is 28.3 Å². The van der Waals surface area contributed by atoms with Crippen molar-refractivity contribution in [3.8, 4) is 0 Å². The van der Waals surface area contributed by atoms with Gasteiger partial charge in [0.05, 0.1) is 11.0 Å². The van der Waals surface area contributed by atoms with Crippen LogP contribution in [0.4, 0.5) is 0 Å². The van der Waals surface area contributed by atoms with Crippen molar-refractivity contribution >= 4 is 45.2 Å². The van der Waals surface area contributed by atoms with Crippen molar-refractivity contribution in [2.45, 2.75) is 46.1 Å². The van der Waals surface area contributed by atoms with Gasteiger partial charge in [0.15, 0.2) is 0 Å². The number of unbranched alkanes of at least 4 members (excludes halogenated alkanes) is 1. The number of benzene rings is 1. The molecular formula is C16H22ClIN2. The Morgan fingerprint density at radius 1 is 1.30 bits per heavy atom. The maximum Gasteiger partial charge on any atom is 0.111 e. The first-order chi connectivity index (χ1) is 9.61. The third-order valence-corrected chi connectivity index (χ3v) is 4.38. The van der Waals surface area contributed by atoms with Crippen LogP contribution in [0.15, 0.2) is 18.2 Å². The zero-order valence-corrected chi connectivity index (χ0v) is 15.1. The van der Waals surface area contributed by atoms with Crippen LogP contribution in [0.2, 0.25) is 0 Å². The van der Waals surface area contributed by atoms with Gasteiger partial charge in [0, 0.05) is 22.4 Å². The Kier molecular flexibility index (Phi) is 6.15. The number of nitrogens with zero attached hydrogens (tertiary/aromatic N) is 2. The molecule has 0 radical (unpaired) electrons. The van der Waals surface area contributed by atoms with Gasteiger partial charge in [-0.25, -0.2) is 4.98 Å². The molecule has 1 aromatic carbocycles. The van der Waals surface area contributed by atoms with Crippen LogP contribution in [0.25, 0.3) is 11.0 Å². The normalized spacial score (nSPS) is 11.7. The number of alkyl halides is 1. The van der Waals surface area contributed by atoms with Gasteiger partial charge in [-0.15, -0.1) is 11.6 Å². The number of imidazole rings is 1. The molecule has 4 heteroatoms. The van der Waals surface area contributed by atoms with E-state index in [9.17, 15) is 0 Å². The van der Waals surface area contributed by atoms with Crippen molar-refractivity contribution in [2.75, 3.05) is 5.88 Å². The van der Waals surface area contributed by atoms with Crippen LogP contribution < -0.4 is 0 Å². The van der Waals surface area contributed by atoms with Crippen molar-refractivity contribution in [2.24, 2.45) is 5.92 Å². The molecular weight excluding hydrogens is 383 g/mol. The predicted molar refractivity (Wildman–Crippen MR) is 95.6 cm³/mol. The summed E-state index contributed by atoms with van der Waals surface area (Å²) in [6.07, 6.45) is 4.64. The van der Waals surface area contributed by atoms with Gasteiger partial charge in [0.2, 0.25) is 0 Å². The Morgan fingerprint density at radius 3 is 2.80 bits per heavy atom. The molecule has 0 fully saturated rings. The summed E-state index contributed by atoms with van der Waals surface area (Å²) in [5.74, 6) is 2.55. The number of aryl methyl sites for hydroxylation is 2. The van der Waals surface area contributed by atoms with Gasteiger partial charge in [-0.05, 0) is 53.1 Å². The Bertz CT molecular complexity index is 563. The molecule has 0 saturated carbocycles. The number of hydrogen-bond acceptors (Lipinski definition) is 1. The minimum Gasteiger partial charge on any atom is -0.328 e. The molecule has 0 saturated heterocycles. The summed E-state index contributed by atoms with van der Waals surface area (Å²) in [6.45, 7) is 5.62. The topological polar surface area (TPSA) is 17.8 Å². The lowest BCUT2D eigenvalue weighted by molar-refractivity contribution is 0.508.